The third kappa shape index (κ3) is 3.00. The van der Waals surface area contributed by atoms with Crippen LogP contribution in [0.4, 0.5) is 10.2 Å². The first-order chi connectivity index (χ1) is 9.11. The second kappa shape index (κ2) is 5.67. The number of hydrogen-bond donors (Lipinski definition) is 2. The molecule has 2 rings (SSSR count). The van der Waals surface area contributed by atoms with Gasteiger partial charge < -0.3 is 16.2 Å². The van der Waals surface area contributed by atoms with Gasteiger partial charge in [0.15, 0.2) is 0 Å². The number of hydrogen-bond acceptors (Lipinski definition) is 4. The highest BCUT2D eigenvalue weighted by Crippen LogP contribution is 2.24. The molecule has 1 heterocycles. The second-order valence-corrected chi connectivity index (χ2v) is 4.25. The van der Waals surface area contributed by atoms with Gasteiger partial charge in [0.25, 0.3) is 0 Å². The van der Waals surface area contributed by atoms with Crippen molar-refractivity contribution in [3.05, 3.63) is 53.5 Å². The normalized spacial score (nSPS) is 12.2. The van der Waals surface area contributed by atoms with Crippen LogP contribution in [-0.4, -0.2) is 12.1 Å². The molecule has 0 radical (unpaired) electrons. The summed E-state index contributed by atoms with van der Waals surface area (Å²) in [5.74, 6) is 0.510. The molecule has 19 heavy (non-hydrogen) atoms. The van der Waals surface area contributed by atoms with Crippen LogP contribution in [0.15, 0.2) is 36.5 Å². The van der Waals surface area contributed by atoms with Gasteiger partial charge in [-0.05, 0) is 24.1 Å². The molecule has 1 aromatic carbocycles. The number of methoxy groups -OCH3 is 1. The largest absolute Gasteiger partial charge is 0.497 e. The Bertz CT molecular complexity index is 574. The first kappa shape index (κ1) is 13.3. The number of rotatable bonds is 4. The maximum atomic E-state index is 13.9. The standard InChI is InChI=1S/C14H16FN3O/c1-19-10-4-5-11(12(15)8-10)13(16)7-9-3-2-6-18-14(9)17/h2-6,8,13H,7,16H2,1H3,(H2,17,18). The van der Waals surface area contributed by atoms with E-state index in [1.54, 1.807) is 24.4 Å². The molecule has 1 aromatic heterocycles. The smallest absolute Gasteiger partial charge is 0.131 e. The number of benzene rings is 1. The van der Waals surface area contributed by atoms with Crippen LogP contribution in [0, 0.1) is 5.82 Å². The van der Waals surface area contributed by atoms with E-state index >= 15 is 0 Å². The molecule has 0 fully saturated rings. The van der Waals surface area contributed by atoms with Crippen molar-refractivity contribution in [3.63, 3.8) is 0 Å². The van der Waals surface area contributed by atoms with Gasteiger partial charge in [-0.1, -0.05) is 12.1 Å². The fourth-order valence-corrected chi connectivity index (χ4v) is 1.91. The highest BCUT2D eigenvalue weighted by Gasteiger charge is 2.14. The fraction of sp³-hybridized carbons (Fsp3) is 0.214. The van der Waals surface area contributed by atoms with E-state index in [2.05, 4.69) is 4.98 Å². The molecule has 4 N–H and O–H groups in total. The molecule has 0 bridgehead atoms. The van der Waals surface area contributed by atoms with Crippen molar-refractivity contribution in [2.75, 3.05) is 12.8 Å². The molecule has 100 valence electrons. The van der Waals surface area contributed by atoms with Gasteiger partial charge in [0.2, 0.25) is 0 Å². The number of nitrogen functional groups attached to an aromatic ring is 1. The van der Waals surface area contributed by atoms with Crippen LogP contribution in [-0.2, 0) is 6.42 Å². The predicted molar refractivity (Wildman–Crippen MR) is 72.2 cm³/mol. The van der Waals surface area contributed by atoms with Crippen molar-refractivity contribution < 1.29 is 9.13 Å². The summed E-state index contributed by atoms with van der Waals surface area (Å²) >= 11 is 0. The third-order valence-corrected chi connectivity index (χ3v) is 2.97. The van der Waals surface area contributed by atoms with Gasteiger partial charge in [0, 0.05) is 23.9 Å². The number of pyridine rings is 1. The lowest BCUT2D eigenvalue weighted by atomic mass is 9.99. The molecule has 0 aliphatic heterocycles. The summed E-state index contributed by atoms with van der Waals surface area (Å²) in [6, 6.07) is 7.78. The summed E-state index contributed by atoms with van der Waals surface area (Å²) in [6.45, 7) is 0. The number of nitrogens with zero attached hydrogens (tertiary/aromatic N) is 1. The van der Waals surface area contributed by atoms with Crippen molar-refractivity contribution in [2.45, 2.75) is 12.5 Å². The first-order valence-corrected chi connectivity index (χ1v) is 5.90. The van der Waals surface area contributed by atoms with Crippen molar-refractivity contribution in [1.29, 1.82) is 0 Å². The highest BCUT2D eigenvalue weighted by atomic mass is 19.1. The van der Waals surface area contributed by atoms with Crippen molar-refractivity contribution in [2.24, 2.45) is 5.73 Å². The second-order valence-electron chi connectivity index (χ2n) is 4.25. The van der Waals surface area contributed by atoms with E-state index < -0.39 is 6.04 Å². The molecule has 1 unspecified atom stereocenters. The summed E-state index contributed by atoms with van der Waals surface area (Å²) in [5.41, 5.74) is 13.0. The first-order valence-electron chi connectivity index (χ1n) is 5.90. The van der Waals surface area contributed by atoms with Crippen LogP contribution in [0.3, 0.4) is 0 Å². The molecule has 0 saturated heterocycles. The molecule has 2 aromatic rings. The highest BCUT2D eigenvalue weighted by molar-refractivity contribution is 5.40. The van der Waals surface area contributed by atoms with Gasteiger partial charge in [-0.15, -0.1) is 0 Å². The van der Waals surface area contributed by atoms with E-state index in [4.69, 9.17) is 16.2 Å². The Hall–Kier alpha value is -2.14. The lowest BCUT2D eigenvalue weighted by Gasteiger charge is -2.14. The molecule has 0 aliphatic carbocycles. The van der Waals surface area contributed by atoms with Gasteiger partial charge >= 0.3 is 0 Å². The molecule has 0 spiro atoms. The number of anilines is 1. The molecule has 0 amide bonds. The zero-order valence-electron chi connectivity index (χ0n) is 10.6. The Morgan fingerprint density at radius 3 is 2.79 bits per heavy atom. The average molecular weight is 261 g/mol. The Balaban J connectivity index is 2.21. The third-order valence-electron chi connectivity index (χ3n) is 2.97. The van der Waals surface area contributed by atoms with Crippen LogP contribution < -0.4 is 16.2 Å². The minimum absolute atomic E-state index is 0.380. The van der Waals surface area contributed by atoms with Crippen LogP contribution in [0.5, 0.6) is 5.75 Å². The van der Waals surface area contributed by atoms with E-state index in [0.717, 1.165) is 5.56 Å². The zero-order valence-corrected chi connectivity index (χ0v) is 10.6. The Labute approximate surface area is 111 Å². The monoisotopic (exact) mass is 261 g/mol. The van der Waals surface area contributed by atoms with Crippen molar-refractivity contribution in [1.82, 2.24) is 4.98 Å². The van der Waals surface area contributed by atoms with E-state index in [1.165, 1.54) is 13.2 Å². The Kier molecular flexibility index (Phi) is 3.97. The lowest BCUT2D eigenvalue weighted by Crippen LogP contribution is -2.16. The van der Waals surface area contributed by atoms with E-state index in [1.807, 2.05) is 6.07 Å². The van der Waals surface area contributed by atoms with Gasteiger partial charge in [-0.25, -0.2) is 9.37 Å². The van der Waals surface area contributed by atoms with E-state index in [9.17, 15) is 4.39 Å². The summed E-state index contributed by atoms with van der Waals surface area (Å²) in [7, 11) is 1.49. The number of ether oxygens (including phenoxy) is 1. The Morgan fingerprint density at radius 2 is 2.16 bits per heavy atom. The van der Waals surface area contributed by atoms with E-state index in [0.29, 0.717) is 23.6 Å². The Morgan fingerprint density at radius 1 is 1.37 bits per heavy atom. The summed E-state index contributed by atoms with van der Waals surface area (Å²) in [6.07, 6.45) is 2.04. The lowest BCUT2D eigenvalue weighted by molar-refractivity contribution is 0.410. The average Bonchev–Trinajstić information content (AvgIpc) is 2.41. The van der Waals surface area contributed by atoms with Gasteiger partial charge in [0.05, 0.1) is 7.11 Å². The van der Waals surface area contributed by atoms with Crippen LogP contribution in [0.25, 0.3) is 0 Å². The van der Waals surface area contributed by atoms with Gasteiger partial charge in [-0.2, -0.15) is 0 Å². The maximum Gasteiger partial charge on any atom is 0.131 e. The summed E-state index contributed by atoms with van der Waals surface area (Å²) in [5, 5.41) is 0. The minimum Gasteiger partial charge on any atom is -0.497 e. The topological polar surface area (TPSA) is 74.2 Å². The SMILES string of the molecule is COc1ccc(C(N)Cc2cccnc2N)c(F)c1. The van der Waals surface area contributed by atoms with Gasteiger partial charge in [0.1, 0.15) is 17.4 Å². The van der Waals surface area contributed by atoms with Crippen molar-refractivity contribution >= 4 is 5.82 Å². The predicted octanol–water partition coefficient (Wildman–Crippen LogP) is 2.05. The quantitative estimate of drug-likeness (QED) is 0.883. The van der Waals surface area contributed by atoms with Crippen LogP contribution in [0.2, 0.25) is 0 Å². The van der Waals surface area contributed by atoms with Gasteiger partial charge in [-0.3, -0.25) is 0 Å². The number of halogens is 1. The molecule has 4 nitrogen and oxygen atoms in total. The number of nitrogens with two attached hydrogens (primary N) is 2. The fourth-order valence-electron chi connectivity index (χ4n) is 1.91. The molecule has 5 heteroatoms. The van der Waals surface area contributed by atoms with E-state index in [-0.39, 0.29) is 5.82 Å². The molecule has 1 atom stereocenters. The molecule has 0 saturated carbocycles. The summed E-state index contributed by atoms with van der Waals surface area (Å²) < 4.78 is 18.8. The summed E-state index contributed by atoms with van der Waals surface area (Å²) in [4.78, 5) is 3.98. The minimum atomic E-state index is -0.475. The number of aromatic nitrogens is 1. The molecular formula is C14H16FN3O. The zero-order chi connectivity index (χ0) is 13.8. The molecular weight excluding hydrogens is 245 g/mol. The molecule has 0 aliphatic rings. The van der Waals surface area contributed by atoms with Crippen LogP contribution >= 0.6 is 0 Å². The maximum absolute atomic E-state index is 13.9. The van der Waals surface area contributed by atoms with Crippen molar-refractivity contribution in [3.8, 4) is 5.75 Å². The van der Waals surface area contributed by atoms with Crippen LogP contribution in [0.1, 0.15) is 17.2 Å².